The van der Waals surface area contributed by atoms with E-state index >= 15 is 0 Å². The van der Waals surface area contributed by atoms with Gasteiger partial charge in [-0.25, -0.2) is 0 Å². The zero-order valence-electron chi connectivity index (χ0n) is 9.16. The lowest BCUT2D eigenvalue weighted by Crippen LogP contribution is -2.14. The van der Waals surface area contributed by atoms with Gasteiger partial charge in [0.05, 0.1) is 13.0 Å². The van der Waals surface area contributed by atoms with E-state index in [-0.39, 0.29) is 0 Å². The van der Waals surface area contributed by atoms with Gasteiger partial charge in [-0.3, -0.25) is 0 Å². The van der Waals surface area contributed by atoms with Gasteiger partial charge in [-0.05, 0) is 37.1 Å². The zero-order chi connectivity index (χ0) is 10.7. The first-order chi connectivity index (χ1) is 6.60. The zero-order valence-corrected chi connectivity index (χ0v) is 10.1. The molecular formula is C11H17NOS. The highest BCUT2D eigenvalue weighted by molar-refractivity contribution is 7.80. The largest absolute Gasteiger partial charge is 0.496 e. The number of aryl methyl sites for hydroxylation is 2. The lowest BCUT2D eigenvalue weighted by Gasteiger charge is -2.19. The Morgan fingerprint density at radius 3 is 2.14 bits per heavy atom. The van der Waals surface area contributed by atoms with Crippen molar-refractivity contribution in [3.63, 3.8) is 0 Å². The van der Waals surface area contributed by atoms with Crippen LogP contribution in [0.15, 0.2) is 12.1 Å². The predicted molar refractivity (Wildman–Crippen MR) is 64.7 cm³/mol. The lowest BCUT2D eigenvalue weighted by atomic mass is 10.1. The molecule has 78 valence electrons. The Hall–Kier alpha value is -0.830. The second-order valence-electron chi connectivity index (χ2n) is 3.45. The second-order valence-corrected chi connectivity index (χ2v) is 3.74. The third-order valence-electron chi connectivity index (χ3n) is 2.30. The van der Waals surface area contributed by atoms with Crippen molar-refractivity contribution in [2.75, 3.05) is 24.9 Å². The van der Waals surface area contributed by atoms with Crippen LogP contribution in [0, 0.1) is 13.8 Å². The van der Waals surface area contributed by atoms with Crippen molar-refractivity contribution in [2.24, 2.45) is 0 Å². The summed E-state index contributed by atoms with van der Waals surface area (Å²) in [7, 11) is 3.73. The third-order valence-corrected chi connectivity index (χ3v) is 2.73. The minimum Gasteiger partial charge on any atom is -0.496 e. The molecule has 0 aliphatic heterocycles. The van der Waals surface area contributed by atoms with Gasteiger partial charge in [0.15, 0.2) is 0 Å². The molecule has 0 N–H and O–H groups in total. The molecule has 0 amide bonds. The van der Waals surface area contributed by atoms with Gasteiger partial charge in [-0.15, -0.1) is 0 Å². The molecule has 0 heterocycles. The fraction of sp³-hybridized carbons (Fsp3) is 0.455. The van der Waals surface area contributed by atoms with Crippen molar-refractivity contribution in [1.82, 2.24) is 0 Å². The van der Waals surface area contributed by atoms with Crippen LogP contribution in [0.1, 0.15) is 11.1 Å². The maximum Gasteiger partial charge on any atom is 0.124 e. The molecule has 1 aromatic rings. The molecule has 2 nitrogen and oxygen atoms in total. The Morgan fingerprint density at radius 2 is 1.79 bits per heavy atom. The van der Waals surface area contributed by atoms with Crippen molar-refractivity contribution < 1.29 is 4.74 Å². The first-order valence-electron chi connectivity index (χ1n) is 4.57. The van der Waals surface area contributed by atoms with E-state index in [9.17, 15) is 0 Å². The Morgan fingerprint density at radius 1 is 1.29 bits per heavy atom. The van der Waals surface area contributed by atoms with E-state index in [0.717, 1.165) is 16.9 Å². The molecule has 1 rings (SSSR count). The van der Waals surface area contributed by atoms with E-state index in [4.69, 9.17) is 4.74 Å². The van der Waals surface area contributed by atoms with E-state index in [0.29, 0.717) is 5.88 Å². The molecule has 0 atom stereocenters. The summed E-state index contributed by atoms with van der Waals surface area (Å²) in [6.07, 6.45) is 0. The summed E-state index contributed by atoms with van der Waals surface area (Å²) in [5, 5.41) is 0. The molecular weight excluding hydrogens is 194 g/mol. The molecule has 0 spiro atoms. The first kappa shape index (κ1) is 11.2. The number of hydrogen-bond donors (Lipinski definition) is 1. The number of thiol groups is 1. The van der Waals surface area contributed by atoms with Crippen LogP contribution in [0.25, 0.3) is 0 Å². The number of methoxy groups -OCH3 is 1. The van der Waals surface area contributed by atoms with Crippen LogP contribution in [0.3, 0.4) is 0 Å². The number of rotatable bonds is 3. The Balaban J connectivity index is 3.13. The summed E-state index contributed by atoms with van der Waals surface area (Å²) in [6, 6.07) is 4.23. The van der Waals surface area contributed by atoms with Crippen molar-refractivity contribution in [2.45, 2.75) is 13.8 Å². The SMILES string of the molecule is COc1c(C)cc(N(C)CS)cc1C. The fourth-order valence-electron chi connectivity index (χ4n) is 1.55. The van der Waals surface area contributed by atoms with Crippen molar-refractivity contribution in [1.29, 1.82) is 0 Å². The number of benzene rings is 1. The summed E-state index contributed by atoms with van der Waals surface area (Å²) in [5.41, 5.74) is 3.50. The molecule has 3 heteroatoms. The molecule has 0 saturated carbocycles. The summed E-state index contributed by atoms with van der Waals surface area (Å²) in [4.78, 5) is 2.09. The molecule has 0 radical (unpaired) electrons. The van der Waals surface area contributed by atoms with Crippen LogP contribution in [0.4, 0.5) is 5.69 Å². The van der Waals surface area contributed by atoms with Crippen molar-refractivity contribution >= 4 is 18.3 Å². The number of hydrogen-bond acceptors (Lipinski definition) is 3. The lowest BCUT2D eigenvalue weighted by molar-refractivity contribution is 0.408. The van der Waals surface area contributed by atoms with Crippen LogP contribution in [-0.2, 0) is 0 Å². The quantitative estimate of drug-likeness (QED) is 0.609. The van der Waals surface area contributed by atoms with Crippen LogP contribution in [0.2, 0.25) is 0 Å². The van der Waals surface area contributed by atoms with E-state index in [2.05, 4.69) is 43.5 Å². The van der Waals surface area contributed by atoms with Gasteiger partial charge in [0, 0.05) is 12.7 Å². The van der Waals surface area contributed by atoms with Gasteiger partial charge < -0.3 is 9.64 Å². The van der Waals surface area contributed by atoms with Gasteiger partial charge in [-0.2, -0.15) is 12.6 Å². The molecule has 1 aromatic carbocycles. The van der Waals surface area contributed by atoms with E-state index < -0.39 is 0 Å². The third kappa shape index (κ3) is 2.15. The Labute approximate surface area is 91.3 Å². The molecule has 0 bridgehead atoms. The van der Waals surface area contributed by atoms with Gasteiger partial charge >= 0.3 is 0 Å². The molecule has 0 fully saturated rings. The molecule has 14 heavy (non-hydrogen) atoms. The predicted octanol–water partition coefficient (Wildman–Crippen LogP) is 2.64. The van der Waals surface area contributed by atoms with Crippen LogP contribution in [0.5, 0.6) is 5.75 Å². The van der Waals surface area contributed by atoms with E-state index in [1.54, 1.807) is 7.11 Å². The van der Waals surface area contributed by atoms with Gasteiger partial charge in [0.2, 0.25) is 0 Å². The molecule has 0 aliphatic rings. The average molecular weight is 211 g/mol. The Kier molecular flexibility index (Phi) is 3.69. The highest BCUT2D eigenvalue weighted by Gasteiger charge is 2.06. The van der Waals surface area contributed by atoms with Crippen LogP contribution in [-0.4, -0.2) is 20.0 Å². The topological polar surface area (TPSA) is 12.5 Å². The molecule has 0 saturated heterocycles. The summed E-state index contributed by atoms with van der Waals surface area (Å²) in [5.74, 6) is 1.69. The highest BCUT2D eigenvalue weighted by atomic mass is 32.1. The maximum absolute atomic E-state index is 5.31. The molecule has 0 unspecified atom stereocenters. The normalized spacial score (nSPS) is 10.1. The van der Waals surface area contributed by atoms with Crippen LogP contribution >= 0.6 is 12.6 Å². The maximum atomic E-state index is 5.31. The number of anilines is 1. The number of nitrogens with zero attached hydrogens (tertiary/aromatic N) is 1. The van der Waals surface area contributed by atoms with Crippen LogP contribution < -0.4 is 9.64 Å². The monoisotopic (exact) mass is 211 g/mol. The van der Waals surface area contributed by atoms with Gasteiger partial charge in [-0.1, -0.05) is 0 Å². The standard InChI is InChI=1S/C11H17NOS/c1-8-5-10(12(3)7-14)6-9(2)11(8)13-4/h5-6,14H,7H2,1-4H3. The minimum atomic E-state index is 0.714. The second kappa shape index (κ2) is 4.60. The Bertz CT molecular complexity index is 302. The average Bonchev–Trinajstić information content (AvgIpc) is 2.16. The highest BCUT2D eigenvalue weighted by Crippen LogP contribution is 2.28. The summed E-state index contributed by atoms with van der Waals surface area (Å²) in [6.45, 7) is 4.11. The van der Waals surface area contributed by atoms with Gasteiger partial charge in [0.1, 0.15) is 5.75 Å². The van der Waals surface area contributed by atoms with E-state index in [1.165, 1.54) is 5.69 Å². The molecule has 0 aromatic heterocycles. The van der Waals surface area contributed by atoms with Crippen molar-refractivity contribution in [3.05, 3.63) is 23.3 Å². The van der Waals surface area contributed by atoms with E-state index in [1.807, 2.05) is 7.05 Å². The minimum absolute atomic E-state index is 0.714. The fourth-order valence-corrected chi connectivity index (χ4v) is 1.71. The van der Waals surface area contributed by atoms with Crippen molar-refractivity contribution in [3.8, 4) is 5.75 Å². The number of ether oxygens (including phenoxy) is 1. The molecule has 0 aliphatic carbocycles. The smallest absolute Gasteiger partial charge is 0.124 e. The summed E-state index contributed by atoms with van der Waals surface area (Å²) < 4.78 is 5.31. The first-order valence-corrected chi connectivity index (χ1v) is 5.20. The summed E-state index contributed by atoms with van der Waals surface area (Å²) >= 11 is 4.24. The van der Waals surface area contributed by atoms with Gasteiger partial charge in [0.25, 0.3) is 0 Å².